The molecule has 1 rings (SSSR count). The van der Waals surface area contributed by atoms with E-state index in [1.807, 2.05) is 20.8 Å². The highest BCUT2D eigenvalue weighted by atomic mass is 32.2. The molecule has 1 unspecified atom stereocenters. The van der Waals surface area contributed by atoms with E-state index in [1.165, 1.54) is 13.2 Å². The molecular weight excluding hydrogens is 369 g/mol. The maximum absolute atomic E-state index is 14.2. The van der Waals surface area contributed by atoms with Gasteiger partial charge in [0.15, 0.2) is 19.9 Å². The average Bonchev–Trinajstić information content (AvgIpc) is 2.48. The van der Waals surface area contributed by atoms with Gasteiger partial charge in [-0.05, 0) is 56.6 Å². The van der Waals surface area contributed by atoms with E-state index < -0.39 is 30.2 Å². The number of halogens is 1. The van der Waals surface area contributed by atoms with Gasteiger partial charge in [-0.2, -0.15) is 0 Å². The second kappa shape index (κ2) is 8.60. The van der Waals surface area contributed by atoms with E-state index in [0.29, 0.717) is 12.2 Å². The molecule has 1 N–H and O–H groups in total. The molecule has 0 aliphatic heterocycles. The molecule has 0 saturated carbocycles. The average molecular weight is 404 g/mol. The van der Waals surface area contributed by atoms with Crippen molar-refractivity contribution in [3.8, 4) is 5.75 Å². The highest BCUT2D eigenvalue weighted by molar-refractivity contribution is 7.90. The van der Waals surface area contributed by atoms with Crippen LogP contribution in [0.25, 0.3) is 0 Å². The molecule has 4 nitrogen and oxygen atoms in total. The summed E-state index contributed by atoms with van der Waals surface area (Å²) < 4.78 is 40.8. The topological polar surface area (TPSA) is 53.5 Å². The van der Waals surface area contributed by atoms with Gasteiger partial charge in [0.1, 0.15) is 4.75 Å². The number of hydrogen-bond acceptors (Lipinski definition) is 4. The van der Waals surface area contributed by atoms with Gasteiger partial charge < -0.3 is 13.7 Å². The number of benzene rings is 1. The lowest BCUT2D eigenvalue weighted by Crippen LogP contribution is -2.46. The molecule has 0 spiro atoms. The van der Waals surface area contributed by atoms with Crippen LogP contribution in [0, 0.1) is 5.82 Å². The molecule has 0 radical (unpaired) electrons. The van der Waals surface area contributed by atoms with Crippen LogP contribution in [0.4, 0.5) is 4.39 Å². The number of nitrogens with one attached hydrogen (secondary N) is 1. The van der Waals surface area contributed by atoms with Gasteiger partial charge in [0.2, 0.25) is 0 Å². The van der Waals surface area contributed by atoms with Crippen molar-refractivity contribution in [3.63, 3.8) is 0 Å². The van der Waals surface area contributed by atoms with Crippen molar-refractivity contribution in [1.29, 1.82) is 0 Å². The molecule has 0 bridgehead atoms. The molecule has 7 heteroatoms. The minimum absolute atomic E-state index is 0.0614. The van der Waals surface area contributed by atoms with Crippen LogP contribution in [-0.2, 0) is 15.8 Å². The lowest BCUT2D eigenvalue weighted by atomic mass is 10.1. The van der Waals surface area contributed by atoms with Crippen LogP contribution in [0.1, 0.15) is 53.1 Å². The normalized spacial score (nSPS) is 15.7. The van der Waals surface area contributed by atoms with E-state index in [9.17, 15) is 8.94 Å². The summed E-state index contributed by atoms with van der Waals surface area (Å²) >= 11 is -1.30. The van der Waals surface area contributed by atoms with Crippen LogP contribution in [0.2, 0.25) is 18.1 Å². The maximum atomic E-state index is 14.2. The van der Waals surface area contributed by atoms with Gasteiger partial charge >= 0.3 is 0 Å². The third-order valence-corrected chi connectivity index (χ3v) is 10.9. The zero-order chi connectivity index (χ0) is 20.3. The Morgan fingerprint density at radius 1 is 1.19 bits per heavy atom. The Bertz CT molecular complexity index is 599. The van der Waals surface area contributed by atoms with Gasteiger partial charge in [-0.3, -0.25) is 0 Å². The first kappa shape index (κ1) is 23.4. The first-order chi connectivity index (χ1) is 11.7. The smallest absolute Gasteiger partial charge is 0.192 e. The van der Waals surface area contributed by atoms with Crippen molar-refractivity contribution in [2.24, 2.45) is 0 Å². The van der Waals surface area contributed by atoms with Gasteiger partial charge in [-0.1, -0.05) is 26.8 Å². The zero-order valence-corrected chi connectivity index (χ0v) is 19.3. The Labute approximate surface area is 162 Å². The number of hydrogen-bond donors (Lipinski definition) is 1. The van der Waals surface area contributed by atoms with Crippen molar-refractivity contribution in [3.05, 3.63) is 29.6 Å². The monoisotopic (exact) mass is 403 g/mol. The molecule has 26 heavy (non-hydrogen) atoms. The Morgan fingerprint density at radius 2 is 1.77 bits per heavy atom. The molecule has 1 aromatic rings. The van der Waals surface area contributed by atoms with Crippen molar-refractivity contribution in [1.82, 2.24) is 4.72 Å². The highest BCUT2D eigenvalue weighted by Gasteiger charge is 2.38. The summed E-state index contributed by atoms with van der Waals surface area (Å²) in [6.07, 6.45) is 0. The van der Waals surface area contributed by atoms with E-state index >= 15 is 0 Å². The van der Waals surface area contributed by atoms with E-state index in [1.54, 1.807) is 12.1 Å². The van der Waals surface area contributed by atoms with E-state index in [-0.39, 0.29) is 16.8 Å². The summed E-state index contributed by atoms with van der Waals surface area (Å²) in [6.45, 7) is 16.9. The van der Waals surface area contributed by atoms with Crippen LogP contribution in [0.15, 0.2) is 18.2 Å². The van der Waals surface area contributed by atoms with Crippen LogP contribution in [0.5, 0.6) is 5.75 Å². The van der Waals surface area contributed by atoms with Gasteiger partial charge in [0.05, 0.1) is 19.8 Å². The summed E-state index contributed by atoms with van der Waals surface area (Å²) in [5.74, 6) is -0.250. The fraction of sp³-hybridized carbons (Fsp3) is 0.684. The van der Waals surface area contributed by atoms with Crippen molar-refractivity contribution >= 4 is 19.7 Å². The molecule has 0 aromatic heterocycles. The molecule has 2 atom stereocenters. The van der Waals surface area contributed by atoms with Gasteiger partial charge in [0.25, 0.3) is 0 Å². The Morgan fingerprint density at radius 3 is 2.19 bits per heavy atom. The van der Waals surface area contributed by atoms with E-state index in [0.717, 1.165) is 0 Å². The predicted molar refractivity (Wildman–Crippen MR) is 110 cm³/mol. The molecule has 0 saturated heterocycles. The van der Waals surface area contributed by atoms with Crippen molar-refractivity contribution < 1.29 is 18.1 Å². The number of rotatable bonds is 7. The Hall–Kier alpha value is -0.603. The van der Waals surface area contributed by atoms with E-state index in [4.69, 9.17) is 9.16 Å². The lowest BCUT2D eigenvalue weighted by molar-refractivity contribution is 0.255. The molecule has 0 fully saturated rings. The molecule has 0 amide bonds. The largest absolute Gasteiger partial charge is 0.598 e. The van der Waals surface area contributed by atoms with Gasteiger partial charge in [-0.15, -0.1) is 4.72 Å². The van der Waals surface area contributed by atoms with Crippen LogP contribution < -0.4 is 9.46 Å². The fourth-order valence-electron chi connectivity index (χ4n) is 1.91. The molecule has 0 aliphatic rings. The van der Waals surface area contributed by atoms with Crippen molar-refractivity contribution in [2.45, 2.75) is 70.5 Å². The summed E-state index contributed by atoms with van der Waals surface area (Å²) in [7, 11) is -0.553. The molecule has 150 valence electrons. The van der Waals surface area contributed by atoms with Crippen LogP contribution in [-0.4, -0.2) is 31.3 Å². The third-order valence-electron chi connectivity index (χ3n) is 4.80. The molecular formula is C19H34FNO3SSi. The number of ether oxygens (including phenoxy) is 1. The minimum atomic E-state index is -1.99. The molecule has 1 aromatic carbocycles. The third kappa shape index (κ3) is 6.23. The molecule has 0 heterocycles. The Kier molecular flexibility index (Phi) is 7.76. The summed E-state index contributed by atoms with van der Waals surface area (Å²) in [5, 5.41) is 0.0614. The summed E-state index contributed by atoms with van der Waals surface area (Å²) in [6, 6.07) is 4.43. The summed E-state index contributed by atoms with van der Waals surface area (Å²) in [4.78, 5) is 0. The standard InChI is InChI=1S/C19H34FNO3SSi/c1-18(2,3)25(22)21-16(13-24-26(8,9)19(4,5)6)14-10-11-17(23-7)15(20)12-14/h10-12,16,21H,13H2,1-9H3/t16?,25-/m1/s1. The first-order valence-corrected chi connectivity index (χ1v) is 12.9. The Balaban J connectivity index is 3.08. The number of methoxy groups -OCH3 is 1. The maximum Gasteiger partial charge on any atom is 0.192 e. The first-order valence-electron chi connectivity index (χ1n) is 8.84. The SMILES string of the molecule is COc1ccc(C(CO[Si](C)(C)C(C)(C)C)N[S@+]([O-])C(C)(C)C)cc1F. The molecule has 0 aliphatic carbocycles. The van der Waals surface area contributed by atoms with Crippen molar-refractivity contribution in [2.75, 3.05) is 13.7 Å². The van der Waals surface area contributed by atoms with E-state index in [2.05, 4.69) is 38.6 Å². The second-order valence-corrected chi connectivity index (χ2v) is 15.8. The quantitative estimate of drug-likeness (QED) is 0.517. The highest BCUT2D eigenvalue weighted by Crippen LogP contribution is 2.37. The predicted octanol–water partition coefficient (Wildman–Crippen LogP) is 4.95. The van der Waals surface area contributed by atoms with Crippen LogP contribution in [0.3, 0.4) is 0 Å². The zero-order valence-electron chi connectivity index (χ0n) is 17.5. The lowest BCUT2D eigenvalue weighted by Gasteiger charge is -2.37. The minimum Gasteiger partial charge on any atom is -0.598 e. The van der Waals surface area contributed by atoms with Gasteiger partial charge in [0, 0.05) is 11.4 Å². The second-order valence-electron chi connectivity index (χ2n) is 9.02. The summed E-state index contributed by atoms with van der Waals surface area (Å²) in [5.41, 5.74) is 0.694. The fourth-order valence-corrected chi connectivity index (χ4v) is 3.74. The van der Waals surface area contributed by atoms with Gasteiger partial charge in [-0.25, -0.2) is 4.39 Å². The van der Waals surface area contributed by atoms with Crippen LogP contribution >= 0.6 is 0 Å².